The quantitative estimate of drug-likeness (QED) is 0.790. The molecule has 2 rings (SSSR count). The van der Waals surface area contributed by atoms with E-state index in [1.165, 1.54) is 0 Å². The summed E-state index contributed by atoms with van der Waals surface area (Å²) in [6.45, 7) is 1.82. The lowest BCUT2D eigenvalue weighted by molar-refractivity contribution is -0.120. The predicted molar refractivity (Wildman–Crippen MR) is 53.0 cm³/mol. The molecule has 1 saturated carbocycles. The minimum Gasteiger partial charge on any atom is -0.308 e. The molecule has 1 heterocycles. The van der Waals surface area contributed by atoms with Gasteiger partial charge in [-0.05, 0) is 24.4 Å². The van der Waals surface area contributed by atoms with Gasteiger partial charge >= 0.3 is 0 Å². The Morgan fingerprint density at radius 3 is 2.93 bits per heavy atom. The number of carbonyl (C=O) groups excluding carboxylic acids is 1. The van der Waals surface area contributed by atoms with Gasteiger partial charge in [-0.15, -0.1) is 0 Å². The highest BCUT2D eigenvalue weighted by Crippen LogP contribution is 2.45. The Balaban J connectivity index is 2.16. The average Bonchev–Trinajstić information content (AvgIpc) is 2.91. The van der Waals surface area contributed by atoms with Gasteiger partial charge in [0.05, 0.1) is 6.20 Å². The number of halogens is 2. The van der Waals surface area contributed by atoms with E-state index < -0.39 is 5.82 Å². The summed E-state index contributed by atoms with van der Waals surface area (Å²) in [5, 5.41) is 2.31. The van der Waals surface area contributed by atoms with E-state index in [4.69, 9.17) is 11.6 Å². The molecule has 1 aromatic rings. The van der Waals surface area contributed by atoms with Crippen molar-refractivity contribution in [1.82, 2.24) is 9.97 Å². The SMILES string of the molecule is CC1(C(=O)Nc2nc(Cl)ncc2F)CC1. The van der Waals surface area contributed by atoms with Gasteiger partial charge in [0.25, 0.3) is 0 Å². The molecule has 1 aliphatic carbocycles. The summed E-state index contributed by atoms with van der Waals surface area (Å²) in [5.41, 5.74) is -0.371. The van der Waals surface area contributed by atoms with Crippen LogP contribution in [0.3, 0.4) is 0 Å². The van der Waals surface area contributed by atoms with E-state index in [-0.39, 0.29) is 22.4 Å². The number of amides is 1. The van der Waals surface area contributed by atoms with Crippen molar-refractivity contribution in [1.29, 1.82) is 0 Å². The van der Waals surface area contributed by atoms with Crippen LogP contribution in [0.2, 0.25) is 5.28 Å². The Morgan fingerprint density at radius 1 is 1.67 bits per heavy atom. The minimum absolute atomic E-state index is 0.0901. The van der Waals surface area contributed by atoms with Gasteiger partial charge < -0.3 is 5.32 Å². The molecule has 1 aromatic heterocycles. The first-order chi connectivity index (χ1) is 7.01. The van der Waals surface area contributed by atoms with Crippen molar-refractivity contribution in [3.63, 3.8) is 0 Å². The number of hydrogen-bond donors (Lipinski definition) is 1. The van der Waals surface area contributed by atoms with Crippen LogP contribution in [0.4, 0.5) is 10.2 Å². The van der Waals surface area contributed by atoms with Gasteiger partial charge in [-0.3, -0.25) is 4.79 Å². The maximum Gasteiger partial charge on any atom is 0.231 e. The number of aromatic nitrogens is 2. The lowest BCUT2D eigenvalue weighted by Crippen LogP contribution is -2.22. The minimum atomic E-state index is -0.683. The van der Waals surface area contributed by atoms with Gasteiger partial charge in [0.15, 0.2) is 11.6 Å². The number of carbonyl (C=O) groups is 1. The van der Waals surface area contributed by atoms with Crippen LogP contribution in [0.5, 0.6) is 0 Å². The summed E-state index contributed by atoms with van der Waals surface area (Å²) in [6.07, 6.45) is 2.57. The van der Waals surface area contributed by atoms with Crippen molar-refractivity contribution in [3.05, 3.63) is 17.3 Å². The third-order valence-electron chi connectivity index (χ3n) is 2.49. The Morgan fingerprint density at radius 2 is 2.33 bits per heavy atom. The number of nitrogens with zero attached hydrogens (tertiary/aromatic N) is 2. The molecule has 4 nitrogen and oxygen atoms in total. The fourth-order valence-corrected chi connectivity index (χ4v) is 1.24. The number of nitrogens with one attached hydrogen (secondary N) is 1. The van der Waals surface area contributed by atoms with Crippen molar-refractivity contribution in [2.45, 2.75) is 19.8 Å². The molecule has 80 valence electrons. The van der Waals surface area contributed by atoms with Gasteiger partial charge in [-0.25, -0.2) is 9.37 Å². The second kappa shape index (κ2) is 3.41. The van der Waals surface area contributed by atoms with E-state index in [0.29, 0.717) is 0 Å². The van der Waals surface area contributed by atoms with E-state index in [0.717, 1.165) is 19.0 Å². The van der Waals surface area contributed by atoms with Crippen molar-refractivity contribution in [3.8, 4) is 0 Å². The van der Waals surface area contributed by atoms with Crippen LogP contribution >= 0.6 is 11.6 Å². The largest absolute Gasteiger partial charge is 0.308 e. The zero-order valence-electron chi connectivity index (χ0n) is 8.05. The molecule has 15 heavy (non-hydrogen) atoms. The lowest BCUT2D eigenvalue weighted by atomic mass is 10.1. The number of rotatable bonds is 2. The maximum absolute atomic E-state index is 13.1. The fraction of sp³-hybridized carbons (Fsp3) is 0.444. The molecule has 0 atom stereocenters. The van der Waals surface area contributed by atoms with Crippen LogP contribution in [0.15, 0.2) is 6.20 Å². The van der Waals surface area contributed by atoms with Crippen molar-refractivity contribution >= 4 is 23.3 Å². The van der Waals surface area contributed by atoms with Crippen molar-refractivity contribution in [2.75, 3.05) is 5.32 Å². The maximum atomic E-state index is 13.1. The molecule has 1 aliphatic rings. The summed E-state index contributed by atoms with van der Waals surface area (Å²) >= 11 is 5.49. The topological polar surface area (TPSA) is 54.9 Å². The second-order valence-electron chi connectivity index (χ2n) is 3.85. The summed E-state index contributed by atoms with van der Waals surface area (Å²) in [5.74, 6) is -1.07. The van der Waals surface area contributed by atoms with Gasteiger partial charge in [-0.1, -0.05) is 6.92 Å². The summed E-state index contributed by atoms with van der Waals surface area (Å²) < 4.78 is 13.1. The van der Waals surface area contributed by atoms with Gasteiger partial charge in [0.1, 0.15) is 0 Å². The van der Waals surface area contributed by atoms with Gasteiger partial charge in [0.2, 0.25) is 11.2 Å². The Kier molecular flexibility index (Phi) is 2.34. The highest BCUT2D eigenvalue weighted by Gasteiger charge is 2.45. The van der Waals surface area contributed by atoms with E-state index in [9.17, 15) is 9.18 Å². The standard InChI is InChI=1S/C9H9ClFN3O/c1-9(2-3-9)7(15)13-6-5(11)4-12-8(10)14-6/h4H,2-3H2,1H3,(H,12,13,14,15). The molecule has 0 spiro atoms. The van der Waals surface area contributed by atoms with Crippen molar-refractivity contribution < 1.29 is 9.18 Å². The Hall–Kier alpha value is -1.23. The van der Waals surface area contributed by atoms with Crippen LogP contribution in [0.25, 0.3) is 0 Å². The van der Waals surface area contributed by atoms with Gasteiger partial charge in [-0.2, -0.15) is 4.98 Å². The second-order valence-corrected chi connectivity index (χ2v) is 4.19. The highest BCUT2D eigenvalue weighted by atomic mass is 35.5. The molecular formula is C9H9ClFN3O. The molecular weight excluding hydrogens is 221 g/mol. The van der Waals surface area contributed by atoms with E-state index in [2.05, 4.69) is 15.3 Å². The Labute approximate surface area is 90.9 Å². The normalized spacial score (nSPS) is 17.3. The summed E-state index contributed by atoms with van der Waals surface area (Å²) in [6, 6.07) is 0. The first-order valence-electron chi connectivity index (χ1n) is 4.51. The van der Waals surface area contributed by atoms with Gasteiger partial charge in [0, 0.05) is 5.41 Å². The van der Waals surface area contributed by atoms with E-state index in [1.54, 1.807) is 0 Å². The van der Waals surface area contributed by atoms with Crippen LogP contribution in [0.1, 0.15) is 19.8 Å². The molecule has 1 amide bonds. The molecule has 1 N–H and O–H groups in total. The third kappa shape index (κ3) is 2.07. The van der Waals surface area contributed by atoms with Crippen LogP contribution in [0, 0.1) is 11.2 Å². The number of anilines is 1. The Bertz CT molecular complexity index is 420. The van der Waals surface area contributed by atoms with Crippen LogP contribution < -0.4 is 5.32 Å². The third-order valence-corrected chi connectivity index (χ3v) is 2.68. The molecule has 0 unspecified atom stereocenters. The molecule has 0 aromatic carbocycles. The smallest absolute Gasteiger partial charge is 0.231 e. The number of hydrogen-bond acceptors (Lipinski definition) is 3. The van der Waals surface area contributed by atoms with Crippen LogP contribution in [-0.4, -0.2) is 15.9 Å². The fourth-order valence-electron chi connectivity index (χ4n) is 1.11. The first kappa shape index (κ1) is 10.3. The molecule has 0 radical (unpaired) electrons. The summed E-state index contributed by atoms with van der Waals surface area (Å²) in [7, 11) is 0. The summed E-state index contributed by atoms with van der Waals surface area (Å²) in [4.78, 5) is 18.6. The monoisotopic (exact) mass is 229 g/mol. The average molecular weight is 230 g/mol. The zero-order valence-corrected chi connectivity index (χ0v) is 8.81. The predicted octanol–water partition coefficient (Wildman–Crippen LogP) is 2.01. The molecule has 0 aliphatic heterocycles. The van der Waals surface area contributed by atoms with E-state index in [1.807, 2.05) is 6.92 Å². The van der Waals surface area contributed by atoms with E-state index >= 15 is 0 Å². The lowest BCUT2D eigenvalue weighted by Gasteiger charge is -2.09. The molecule has 1 fully saturated rings. The van der Waals surface area contributed by atoms with Crippen molar-refractivity contribution in [2.24, 2.45) is 5.41 Å². The highest BCUT2D eigenvalue weighted by molar-refractivity contribution is 6.28. The first-order valence-corrected chi connectivity index (χ1v) is 4.88. The van der Waals surface area contributed by atoms with Crippen LogP contribution in [-0.2, 0) is 4.79 Å². The molecule has 0 bridgehead atoms. The zero-order chi connectivity index (χ0) is 11.1. The molecule has 0 saturated heterocycles. The molecule has 6 heteroatoms.